The molecule has 4 rings (SSSR count). The number of nitrogens with zero attached hydrogens (tertiary/aromatic N) is 3. The Morgan fingerprint density at radius 2 is 2.08 bits per heavy atom. The van der Waals surface area contributed by atoms with Crippen LogP contribution in [-0.2, 0) is 13.0 Å². The van der Waals surface area contributed by atoms with Crippen LogP contribution in [0, 0.1) is 24.2 Å². The second kappa shape index (κ2) is 6.26. The molecule has 6 nitrogen and oxygen atoms in total. The standard InChI is InChI=1S/C20H18N4O2/c1-12-18(13-6-2-3-7-16(13)23-12)20(26)14(10-21)19(25)15-11-22-24-9-5-4-8-17(15)24/h2-3,6-7,11,14,23H,4-5,8-9H2,1H3/t14-/m0/s1. The third-order valence-corrected chi connectivity index (χ3v) is 5.04. The Balaban J connectivity index is 1.74. The van der Waals surface area contributed by atoms with Gasteiger partial charge < -0.3 is 4.98 Å². The summed E-state index contributed by atoms with van der Waals surface area (Å²) < 4.78 is 1.81. The number of para-hydroxylation sites is 1. The van der Waals surface area contributed by atoms with Crippen LogP contribution >= 0.6 is 0 Å². The fraction of sp³-hybridized carbons (Fsp3) is 0.300. The zero-order valence-electron chi connectivity index (χ0n) is 14.5. The van der Waals surface area contributed by atoms with Crippen molar-refractivity contribution in [1.29, 1.82) is 5.26 Å². The molecule has 1 atom stereocenters. The summed E-state index contributed by atoms with van der Waals surface area (Å²) in [6.07, 6.45) is 4.26. The van der Waals surface area contributed by atoms with Crippen LogP contribution in [0.3, 0.4) is 0 Å². The number of H-pyrrole nitrogens is 1. The van der Waals surface area contributed by atoms with Gasteiger partial charge in [-0.1, -0.05) is 18.2 Å². The molecule has 1 N–H and O–H groups in total. The van der Waals surface area contributed by atoms with Gasteiger partial charge in [0.2, 0.25) is 0 Å². The first kappa shape index (κ1) is 16.3. The molecule has 0 fully saturated rings. The maximum atomic E-state index is 13.1. The van der Waals surface area contributed by atoms with Crippen LogP contribution in [0.5, 0.6) is 0 Å². The maximum Gasteiger partial charge on any atom is 0.191 e. The summed E-state index contributed by atoms with van der Waals surface area (Å²) in [4.78, 5) is 29.2. The van der Waals surface area contributed by atoms with E-state index in [4.69, 9.17) is 0 Å². The molecular formula is C20H18N4O2. The lowest BCUT2D eigenvalue weighted by molar-refractivity contribution is 0.0846. The molecule has 0 saturated carbocycles. The van der Waals surface area contributed by atoms with Crippen LogP contribution in [0.25, 0.3) is 10.9 Å². The van der Waals surface area contributed by atoms with E-state index in [1.165, 1.54) is 6.20 Å². The Kier molecular flexibility index (Phi) is 3.92. The van der Waals surface area contributed by atoms with Crippen molar-refractivity contribution >= 4 is 22.5 Å². The highest BCUT2D eigenvalue weighted by Crippen LogP contribution is 2.27. The Morgan fingerprint density at radius 1 is 1.27 bits per heavy atom. The minimum absolute atomic E-state index is 0.405. The Hall–Kier alpha value is -3.20. The van der Waals surface area contributed by atoms with Crippen molar-refractivity contribution in [2.75, 3.05) is 0 Å². The molecule has 1 aliphatic rings. The molecule has 0 unspecified atom stereocenters. The first-order valence-corrected chi connectivity index (χ1v) is 8.72. The third-order valence-electron chi connectivity index (χ3n) is 5.04. The smallest absolute Gasteiger partial charge is 0.191 e. The fourth-order valence-corrected chi connectivity index (χ4v) is 3.76. The molecule has 0 bridgehead atoms. The van der Waals surface area contributed by atoms with Gasteiger partial charge >= 0.3 is 0 Å². The molecule has 2 aromatic heterocycles. The molecule has 130 valence electrons. The number of aromatic amines is 1. The summed E-state index contributed by atoms with van der Waals surface area (Å²) in [7, 11) is 0. The van der Waals surface area contributed by atoms with Gasteiger partial charge in [-0.3, -0.25) is 14.3 Å². The lowest BCUT2D eigenvalue weighted by Crippen LogP contribution is -2.25. The van der Waals surface area contributed by atoms with E-state index in [2.05, 4.69) is 10.1 Å². The number of carbonyl (C=O) groups is 2. The monoisotopic (exact) mass is 346 g/mol. The summed E-state index contributed by atoms with van der Waals surface area (Å²) in [5.41, 5.74) is 3.15. The topological polar surface area (TPSA) is 91.5 Å². The Bertz CT molecular complexity index is 1070. The van der Waals surface area contributed by atoms with Crippen LogP contribution < -0.4 is 0 Å². The zero-order valence-corrected chi connectivity index (χ0v) is 14.5. The van der Waals surface area contributed by atoms with E-state index >= 15 is 0 Å². The highest BCUT2D eigenvalue weighted by atomic mass is 16.2. The molecular weight excluding hydrogens is 328 g/mol. The van der Waals surface area contributed by atoms with Gasteiger partial charge in [0.05, 0.1) is 17.8 Å². The average Bonchev–Trinajstić information content (AvgIpc) is 3.22. The van der Waals surface area contributed by atoms with Crippen molar-refractivity contribution in [1.82, 2.24) is 14.8 Å². The molecule has 6 heteroatoms. The largest absolute Gasteiger partial charge is 0.358 e. The SMILES string of the molecule is Cc1[nH]c2ccccc2c1C(=O)[C@@H](C#N)C(=O)c1cnn2c1CCCC2. The van der Waals surface area contributed by atoms with E-state index in [-0.39, 0.29) is 0 Å². The number of rotatable bonds is 4. The molecule has 1 aromatic carbocycles. The predicted molar refractivity (Wildman–Crippen MR) is 96.0 cm³/mol. The summed E-state index contributed by atoms with van der Waals surface area (Å²) in [5.74, 6) is -2.27. The molecule has 1 aliphatic heterocycles. The summed E-state index contributed by atoms with van der Waals surface area (Å²) in [6.45, 7) is 2.56. The Morgan fingerprint density at radius 3 is 2.88 bits per heavy atom. The zero-order chi connectivity index (χ0) is 18.3. The van der Waals surface area contributed by atoms with E-state index < -0.39 is 17.5 Å². The summed E-state index contributed by atoms with van der Waals surface area (Å²) in [6, 6.07) is 9.34. The fourth-order valence-electron chi connectivity index (χ4n) is 3.76. The van der Waals surface area contributed by atoms with E-state index in [0.717, 1.165) is 42.4 Å². The first-order chi connectivity index (χ1) is 12.6. The lowest BCUT2D eigenvalue weighted by atomic mass is 9.89. The number of fused-ring (bicyclic) bond motifs is 2. The number of nitriles is 1. The minimum Gasteiger partial charge on any atom is -0.358 e. The van der Waals surface area contributed by atoms with E-state index in [1.807, 2.05) is 35.0 Å². The number of nitrogens with one attached hydrogen (secondary N) is 1. The molecule has 3 heterocycles. The number of aromatic nitrogens is 3. The quantitative estimate of drug-likeness (QED) is 0.580. The van der Waals surface area contributed by atoms with Crippen molar-refractivity contribution in [2.24, 2.45) is 5.92 Å². The van der Waals surface area contributed by atoms with Crippen LogP contribution in [0.2, 0.25) is 0 Å². The molecule has 3 aromatic rings. The van der Waals surface area contributed by atoms with Crippen LogP contribution in [-0.4, -0.2) is 26.3 Å². The van der Waals surface area contributed by atoms with E-state index in [0.29, 0.717) is 16.8 Å². The Labute approximate surface area is 150 Å². The van der Waals surface area contributed by atoms with Crippen molar-refractivity contribution in [3.05, 3.63) is 53.0 Å². The highest BCUT2D eigenvalue weighted by Gasteiger charge is 2.34. The van der Waals surface area contributed by atoms with Gasteiger partial charge in [-0.05, 0) is 32.3 Å². The van der Waals surface area contributed by atoms with Crippen LogP contribution in [0.4, 0.5) is 0 Å². The molecule has 26 heavy (non-hydrogen) atoms. The maximum absolute atomic E-state index is 13.1. The van der Waals surface area contributed by atoms with Crippen molar-refractivity contribution < 1.29 is 9.59 Å². The van der Waals surface area contributed by atoms with Crippen molar-refractivity contribution in [3.63, 3.8) is 0 Å². The summed E-state index contributed by atoms with van der Waals surface area (Å²) >= 11 is 0. The molecule has 0 aliphatic carbocycles. The number of benzene rings is 1. The third kappa shape index (κ3) is 2.44. The van der Waals surface area contributed by atoms with Gasteiger partial charge in [0, 0.05) is 34.4 Å². The molecule has 0 spiro atoms. The second-order valence-corrected chi connectivity index (χ2v) is 6.65. The lowest BCUT2D eigenvalue weighted by Gasteiger charge is -2.15. The van der Waals surface area contributed by atoms with Gasteiger partial charge in [0.1, 0.15) is 0 Å². The number of Topliss-reactive ketones (excluding diaryl/α,β-unsaturated/α-hetero) is 2. The number of aryl methyl sites for hydroxylation is 2. The highest BCUT2D eigenvalue weighted by molar-refractivity contribution is 6.22. The van der Waals surface area contributed by atoms with Crippen LogP contribution in [0.15, 0.2) is 30.5 Å². The van der Waals surface area contributed by atoms with Gasteiger partial charge in [-0.2, -0.15) is 10.4 Å². The van der Waals surface area contributed by atoms with E-state index in [1.54, 1.807) is 6.92 Å². The number of carbonyl (C=O) groups excluding carboxylic acids is 2. The molecule has 0 amide bonds. The average molecular weight is 346 g/mol. The number of hydrogen-bond donors (Lipinski definition) is 1. The minimum atomic E-state index is -1.36. The van der Waals surface area contributed by atoms with Gasteiger partial charge in [-0.25, -0.2) is 0 Å². The molecule has 0 radical (unpaired) electrons. The normalized spacial score (nSPS) is 14.6. The van der Waals surface area contributed by atoms with Crippen LogP contribution in [0.1, 0.15) is 44.9 Å². The predicted octanol–water partition coefficient (Wildman–Crippen LogP) is 3.21. The molecule has 0 saturated heterocycles. The van der Waals surface area contributed by atoms with Crippen molar-refractivity contribution in [2.45, 2.75) is 32.7 Å². The van der Waals surface area contributed by atoms with Crippen molar-refractivity contribution in [3.8, 4) is 6.07 Å². The van der Waals surface area contributed by atoms with E-state index in [9.17, 15) is 14.9 Å². The summed E-state index contributed by atoms with van der Waals surface area (Å²) in [5, 5.41) is 14.6. The van der Waals surface area contributed by atoms with Gasteiger partial charge in [-0.15, -0.1) is 0 Å². The van der Waals surface area contributed by atoms with Gasteiger partial charge in [0.15, 0.2) is 17.5 Å². The van der Waals surface area contributed by atoms with Gasteiger partial charge in [0.25, 0.3) is 0 Å². The number of hydrogen-bond acceptors (Lipinski definition) is 4. The first-order valence-electron chi connectivity index (χ1n) is 8.72. The second-order valence-electron chi connectivity index (χ2n) is 6.65. The number of ketones is 2.